The zero-order valence-electron chi connectivity index (χ0n) is 22.6. The lowest BCUT2D eigenvalue weighted by Gasteiger charge is -2.33. The number of carbonyl (C=O) groups is 3. The van der Waals surface area contributed by atoms with Gasteiger partial charge in [-0.2, -0.15) is 0 Å². The van der Waals surface area contributed by atoms with Crippen LogP contribution in [0.3, 0.4) is 0 Å². The van der Waals surface area contributed by atoms with Crippen LogP contribution < -0.4 is 10.1 Å². The molecule has 2 aromatic rings. The second-order valence-electron chi connectivity index (χ2n) is 10.1. The lowest BCUT2D eigenvalue weighted by atomic mass is 9.95. The van der Waals surface area contributed by atoms with Crippen LogP contribution >= 0.6 is 0 Å². The molecule has 1 saturated carbocycles. The van der Waals surface area contributed by atoms with Gasteiger partial charge in [0.05, 0.1) is 12.7 Å². The zero-order valence-corrected chi connectivity index (χ0v) is 23.4. The van der Waals surface area contributed by atoms with Gasteiger partial charge in [0.2, 0.25) is 11.8 Å². The Hall–Kier alpha value is -3.40. The van der Waals surface area contributed by atoms with E-state index in [1.807, 2.05) is 31.2 Å². The summed E-state index contributed by atoms with van der Waals surface area (Å²) < 4.78 is 31.9. The van der Waals surface area contributed by atoms with Crippen molar-refractivity contribution in [3.63, 3.8) is 0 Å². The molecule has 0 aromatic heterocycles. The molecule has 0 spiro atoms. The second kappa shape index (κ2) is 12.6. The number of hydrogen-bond acceptors (Lipinski definition) is 6. The highest BCUT2D eigenvalue weighted by Crippen LogP contribution is 2.30. The molecule has 0 saturated heterocycles. The van der Waals surface area contributed by atoms with Crippen molar-refractivity contribution in [2.24, 2.45) is 0 Å². The Morgan fingerprint density at radius 1 is 1.10 bits per heavy atom. The lowest BCUT2D eigenvalue weighted by Crippen LogP contribution is -2.51. The molecule has 2 aliphatic rings. The quantitative estimate of drug-likeness (QED) is 0.450. The third kappa shape index (κ3) is 6.43. The van der Waals surface area contributed by atoms with Gasteiger partial charge >= 0.3 is 0 Å². The summed E-state index contributed by atoms with van der Waals surface area (Å²) >= 11 is 0. The molecule has 1 atom stereocenters. The van der Waals surface area contributed by atoms with Crippen molar-refractivity contribution >= 4 is 27.7 Å². The summed E-state index contributed by atoms with van der Waals surface area (Å²) in [6.45, 7) is 1.97. The topological polar surface area (TPSA) is 113 Å². The maximum atomic E-state index is 13.6. The highest BCUT2D eigenvalue weighted by molar-refractivity contribution is 7.90. The number of nitrogens with zero attached hydrogens (tertiary/aromatic N) is 2. The highest BCUT2D eigenvalue weighted by Gasteiger charge is 2.40. The number of hydrogen-bond donors (Lipinski definition) is 1. The molecule has 1 N–H and O–H groups in total. The van der Waals surface area contributed by atoms with E-state index >= 15 is 0 Å². The van der Waals surface area contributed by atoms with Crippen molar-refractivity contribution in [3.8, 4) is 5.75 Å². The fraction of sp³-hybridized carbons (Fsp3) is 0.483. The molecule has 2 aromatic carbocycles. The van der Waals surface area contributed by atoms with Crippen LogP contribution in [0, 0.1) is 0 Å². The van der Waals surface area contributed by atoms with Crippen molar-refractivity contribution in [2.75, 3.05) is 13.7 Å². The smallest absolute Gasteiger partial charge is 0.269 e. The van der Waals surface area contributed by atoms with Gasteiger partial charge in [0.15, 0.2) is 0 Å². The summed E-state index contributed by atoms with van der Waals surface area (Å²) in [5.74, 6) is -0.375. The van der Waals surface area contributed by atoms with Gasteiger partial charge in [-0.3, -0.25) is 14.4 Å². The maximum absolute atomic E-state index is 13.6. The fourth-order valence-electron chi connectivity index (χ4n) is 5.40. The number of benzene rings is 2. The van der Waals surface area contributed by atoms with Crippen LogP contribution in [-0.4, -0.2) is 61.1 Å². The van der Waals surface area contributed by atoms with Gasteiger partial charge in [0.1, 0.15) is 16.7 Å². The number of carbonyl (C=O) groups excluding carboxylic acids is 3. The van der Waals surface area contributed by atoms with Crippen molar-refractivity contribution in [2.45, 2.75) is 81.8 Å². The highest BCUT2D eigenvalue weighted by atomic mass is 32.2. The molecule has 0 unspecified atom stereocenters. The molecule has 0 radical (unpaired) electrons. The Kier molecular flexibility index (Phi) is 9.27. The van der Waals surface area contributed by atoms with Crippen molar-refractivity contribution in [3.05, 3.63) is 59.7 Å². The Morgan fingerprint density at radius 2 is 1.85 bits per heavy atom. The van der Waals surface area contributed by atoms with E-state index in [0.29, 0.717) is 12.2 Å². The molecule has 1 aliphatic carbocycles. The zero-order chi connectivity index (χ0) is 28.0. The molecule has 39 heavy (non-hydrogen) atoms. The third-order valence-electron chi connectivity index (χ3n) is 7.49. The minimum absolute atomic E-state index is 0.00712. The first-order chi connectivity index (χ1) is 18.8. The summed E-state index contributed by atoms with van der Waals surface area (Å²) in [7, 11) is -2.37. The van der Waals surface area contributed by atoms with E-state index in [1.54, 1.807) is 24.1 Å². The average molecular weight is 556 g/mol. The van der Waals surface area contributed by atoms with Crippen LogP contribution in [0.4, 0.5) is 0 Å². The number of methoxy groups -OCH3 is 1. The third-order valence-corrected chi connectivity index (χ3v) is 9.33. The molecular weight excluding hydrogens is 518 g/mol. The molecular formula is C29H37N3O6S. The molecule has 1 fully saturated rings. The summed E-state index contributed by atoms with van der Waals surface area (Å²) in [5.41, 5.74) is 0.966. The van der Waals surface area contributed by atoms with E-state index < -0.39 is 22.0 Å². The predicted molar refractivity (Wildman–Crippen MR) is 147 cm³/mol. The monoisotopic (exact) mass is 555 g/mol. The fourth-order valence-corrected chi connectivity index (χ4v) is 7.01. The van der Waals surface area contributed by atoms with Gasteiger partial charge in [-0.1, -0.05) is 50.5 Å². The van der Waals surface area contributed by atoms with E-state index in [1.165, 1.54) is 18.6 Å². The molecule has 10 heteroatoms. The number of nitrogens with one attached hydrogen (secondary N) is 1. The maximum Gasteiger partial charge on any atom is 0.269 e. The minimum atomic E-state index is -3.94. The van der Waals surface area contributed by atoms with Crippen LogP contribution in [0.5, 0.6) is 5.75 Å². The van der Waals surface area contributed by atoms with Crippen LogP contribution in [-0.2, 0) is 26.2 Å². The van der Waals surface area contributed by atoms with Crippen molar-refractivity contribution < 1.29 is 27.5 Å². The Balaban J connectivity index is 1.48. The van der Waals surface area contributed by atoms with E-state index in [-0.39, 0.29) is 54.2 Å². The van der Waals surface area contributed by atoms with E-state index in [4.69, 9.17) is 4.74 Å². The largest absolute Gasteiger partial charge is 0.497 e. The molecule has 9 nitrogen and oxygen atoms in total. The summed E-state index contributed by atoms with van der Waals surface area (Å²) in [4.78, 5) is 41.3. The van der Waals surface area contributed by atoms with Gasteiger partial charge in [0, 0.05) is 25.6 Å². The molecule has 210 valence electrons. The van der Waals surface area contributed by atoms with Crippen LogP contribution in [0.1, 0.15) is 74.2 Å². The predicted octanol–water partition coefficient (Wildman–Crippen LogP) is 3.88. The first-order valence-electron chi connectivity index (χ1n) is 13.6. The Labute approximate surface area is 230 Å². The van der Waals surface area contributed by atoms with Gasteiger partial charge in [-0.15, -0.1) is 0 Å². The van der Waals surface area contributed by atoms with E-state index in [9.17, 15) is 22.8 Å². The Morgan fingerprint density at radius 3 is 2.54 bits per heavy atom. The number of amides is 3. The van der Waals surface area contributed by atoms with Gasteiger partial charge in [0.25, 0.3) is 15.9 Å². The molecule has 1 aliphatic heterocycles. The standard InChI is InChI=1S/C29H37N3O6S/c1-3-25(28(34)30-22-12-5-4-6-13-22)31(20-21-11-9-14-23(19-21)38-2)27(33)17-10-18-32-29(35)24-15-7-8-16-26(24)39(32,36)37/h7-9,11,14-16,19,22,25H,3-6,10,12-13,17-18,20H2,1-2H3,(H,30,34)/t25-/m0/s1. The number of rotatable bonds is 11. The summed E-state index contributed by atoms with van der Waals surface area (Å²) in [5, 5.41) is 3.15. The normalized spacial score (nSPS) is 17.4. The van der Waals surface area contributed by atoms with Crippen LogP contribution in [0.15, 0.2) is 53.4 Å². The van der Waals surface area contributed by atoms with Gasteiger partial charge in [-0.05, 0) is 55.5 Å². The van der Waals surface area contributed by atoms with Crippen molar-refractivity contribution in [1.29, 1.82) is 0 Å². The number of sulfonamides is 1. The first kappa shape index (κ1) is 28.6. The SMILES string of the molecule is CC[C@@H](C(=O)NC1CCCCC1)N(Cc1cccc(OC)c1)C(=O)CCCN1C(=O)c2ccccc2S1(=O)=O. The molecule has 3 amide bonds. The van der Waals surface area contributed by atoms with Crippen LogP contribution in [0.25, 0.3) is 0 Å². The molecule has 1 heterocycles. The van der Waals surface area contributed by atoms with Gasteiger partial charge in [-0.25, -0.2) is 12.7 Å². The minimum Gasteiger partial charge on any atom is -0.497 e. The van der Waals surface area contributed by atoms with Crippen molar-refractivity contribution in [1.82, 2.24) is 14.5 Å². The molecule has 0 bridgehead atoms. The lowest BCUT2D eigenvalue weighted by molar-refractivity contribution is -0.141. The van der Waals surface area contributed by atoms with E-state index in [0.717, 1.165) is 35.6 Å². The van der Waals surface area contributed by atoms with Gasteiger partial charge < -0.3 is 15.0 Å². The van der Waals surface area contributed by atoms with Crippen LogP contribution in [0.2, 0.25) is 0 Å². The average Bonchev–Trinajstić information content (AvgIpc) is 3.14. The molecule has 4 rings (SSSR count). The number of fused-ring (bicyclic) bond motifs is 1. The number of ether oxygens (including phenoxy) is 1. The second-order valence-corrected chi connectivity index (χ2v) is 12.0. The summed E-state index contributed by atoms with van der Waals surface area (Å²) in [6.07, 6.45) is 5.78. The Bertz CT molecular complexity index is 1310. The van der Waals surface area contributed by atoms with E-state index in [2.05, 4.69) is 5.32 Å². The summed E-state index contributed by atoms with van der Waals surface area (Å²) in [6, 6.07) is 12.9. The first-order valence-corrected chi connectivity index (χ1v) is 15.1.